The number of benzene rings is 1. The van der Waals surface area contributed by atoms with Crippen LogP contribution in [0, 0.1) is 5.82 Å². The van der Waals surface area contributed by atoms with Gasteiger partial charge in [0.1, 0.15) is 0 Å². The molecule has 0 N–H and O–H groups in total. The van der Waals surface area contributed by atoms with E-state index in [1.807, 2.05) is 0 Å². The van der Waals surface area contributed by atoms with E-state index >= 15 is 0 Å². The Morgan fingerprint density at radius 2 is 2.03 bits per heavy atom. The van der Waals surface area contributed by atoms with Crippen molar-refractivity contribution in [1.29, 1.82) is 0 Å². The Balaban J connectivity index is 1.81. The zero-order chi connectivity index (χ0) is 25.1. The van der Waals surface area contributed by atoms with E-state index in [0.717, 1.165) is 10.5 Å². The zero-order valence-electron chi connectivity index (χ0n) is 19.5. The van der Waals surface area contributed by atoms with Gasteiger partial charge in [0, 0.05) is 0 Å². The summed E-state index contributed by atoms with van der Waals surface area (Å²) in [5.41, 5.74) is -0.199. The summed E-state index contributed by atoms with van der Waals surface area (Å²) in [5, 5.41) is -0.0460. The molecule has 0 saturated carbocycles. The van der Waals surface area contributed by atoms with Crippen molar-refractivity contribution in [2.24, 2.45) is 4.99 Å². The van der Waals surface area contributed by atoms with Gasteiger partial charge in [0.15, 0.2) is 0 Å². The van der Waals surface area contributed by atoms with Crippen LogP contribution in [0.2, 0.25) is 5.02 Å². The van der Waals surface area contributed by atoms with Crippen LogP contribution in [0.5, 0.6) is 5.75 Å². The number of nitrogens with zero attached hydrogens (tertiary/aromatic N) is 2. The Morgan fingerprint density at radius 3 is 2.62 bits per heavy atom. The number of carbonyl (C=O) groups excluding carboxylic acids is 3. The molecule has 1 spiro atoms. The second-order valence-electron chi connectivity index (χ2n) is 8.96. The second kappa shape index (κ2) is 10.8. The molecule has 1 unspecified atom stereocenters. The normalized spacial score (nSPS) is 23.6. The van der Waals surface area contributed by atoms with Crippen LogP contribution in [-0.2, 0) is 19.1 Å². The summed E-state index contributed by atoms with van der Waals surface area (Å²) in [6.45, 7) is 6.73. The maximum atomic E-state index is 13.6. The maximum absolute atomic E-state index is 13.6. The van der Waals surface area contributed by atoms with E-state index in [9.17, 15) is 18.8 Å². The van der Waals surface area contributed by atoms with Gasteiger partial charge in [-0.25, -0.2) is 0 Å². The Bertz CT molecular complexity index is 992. The van der Waals surface area contributed by atoms with Crippen molar-refractivity contribution < 1.29 is 54.2 Å². The first-order valence-corrected chi connectivity index (χ1v) is 13.9. The summed E-state index contributed by atoms with van der Waals surface area (Å²) in [5.74, 6) is -1.55. The van der Waals surface area contributed by atoms with E-state index in [2.05, 4.69) is 4.99 Å². The van der Waals surface area contributed by atoms with E-state index in [0.29, 0.717) is 18.6 Å². The van der Waals surface area contributed by atoms with Gasteiger partial charge < -0.3 is 0 Å². The number of amides is 2. The van der Waals surface area contributed by atoms with Crippen LogP contribution in [0.15, 0.2) is 23.2 Å². The number of aliphatic imine (C=N–C) groups is 1. The first-order chi connectivity index (χ1) is 15.9. The van der Waals surface area contributed by atoms with Crippen LogP contribution < -0.4 is 25.9 Å². The van der Waals surface area contributed by atoms with Gasteiger partial charge in [-0.1, -0.05) is 0 Å². The number of esters is 1. The first-order valence-electron chi connectivity index (χ1n) is 10.9. The SMILES string of the molecule is CCOC(=O)[C@H]1CCC2(C[I-]2)C(=NC(=O)COc2ccc(Cl)c(F)c2)CN1C(=O)OC(C)(C)C. The third-order valence-corrected chi connectivity index (χ3v) is 9.26. The van der Waals surface area contributed by atoms with Crippen LogP contribution in [0.25, 0.3) is 0 Å². The summed E-state index contributed by atoms with van der Waals surface area (Å²) in [4.78, 5) is 43.9. The summed E-state index contributed by atoms with van der Waals surface area (Å²) >= 11 is 5.41. The average Bonchev–Trinajstić information content (AvgIpc) is 3.54. The minimum atomic E-state index is -0.813. The monoisotopic (exact) mass is 609 g/mol. The molecule has 188 valence electrons. The number of halogens is 3. The average molecular weight is 610 g/mol. The summed E-state index contributed by atoms with van der Waals surface area (Å²) < 4.78 is 30.4. The summed E-state index contributed by atoms with van der Waals surface area (Å²) in [7, 11) is 0. The minimum absolute atomic E-state index is 0.000568. The molecule has 2 heterocycles. The van der Waals surface area contributed by atoms with Crippen molar-refractivity contribution in [2.45, 2.75) is 55.6 Å². The van der Waals surface area contributed by atoms with Crippen molar-refractivity contribution in [3.63, 3.8) is 0 Å². The summed E-state index contributed by atoms with van der Waals surface area (Å²) in [6, 6.07) is 3.08. The fraction of sp³-hybridized carbons (Fsp3) is 0.565. The van der Waals surface area contributed by atoms with E-state index < -0.39 is 42.0 Å². The molecule has 2 fully saturated rings. The Morgan fingerprint density at radius 1 is 1.32 bits per heavy atom. The van der Waals surface area contributed by atoms with Crippen molar-refractivity contribution in [3.05, 3.63) is 29.0 Å². The molecule has 2 aliphatic rings. The molecular formula is C23H28ClFIN2O6-. The van der Waals surface area contributed by atoms with E-state index in [4.69, 9.17) is 25.8 Å². The van der Waals surface area contributed by atoms with Crippen molar-refractivity contribution in [2.75, 3.05) is 24.2 Å². The van der Waals surface area contributed by atoms with Gasteiger partial charge in [0.05, 0.1) is 0 Å². The zero-order valence-corrected chi connectivity index (χ0v) is 22.4. The van der Waals surface area contributed by atoms with Crippen molar-refractivity contribution >= 4 is 35.3 Å². The van der Waals surface area contributed by atoms with E-state index in [1.165, 1.54) is 17.0 Å². The molecular weight excluding hydrogens is 582 g/mol. The Hall–Kier alpha value is -1.95. The molecule has 3 rings (SSSR count). The molecule has 2 aliphatic heterocycles. The van der Waals surface area contributed by atoms with Gasteiger partial charge in [-0.15, -0.1) is 0 Å². The molecule has 1 aromatic rings. The van der Waals surface area contributed by atoms with Gasteiger partial charge in [-0.05, 0) is 0 Å². The molecule has 8 nitrogen and oxygen atoms in total. The molecule has 0 aliphatic carbocycles. The van der Waals surface area contributed by atoms with Crippen molar-refractivity contribution in [3.8, 4) is 5.75 Å². The second-order valence-corrected chi connectivity index (χ2v) is 13.0. The molecule has 2 amide bonds. The molecule has 0 radical (unpaired) electrons. The molecule has 0 aromatic heterocycles. The van der Waals surface area contributed by atoms with Gasteiger partial charge in [-0.3, -0.25) is 0 Å². The number of hydrogen-bond acceptors (Lipinski definition) is 6. The van der Waals surface area contributed by atoms with Crippen LogP contribution in [-0.4, -0.2) is 67.8 Å². The first kappa shape index (κ1) is 26.7. The van der Waals surface area contributed by atoms with Crippen LogP contribution in [0.3, 0.4) is 0 Å². The van der Waals surface area contributed by atoms with Crippen LogP contribution >= 0.6 is 11.6 Å². The van der Waals surface area contributed by atoms with Crippen LogP contribution in [0.1, 0.15) is 40.5 Å². The molecule has 11 heteroatoms. The molecule has 2 saturated heterocycles. The van der Waals surface area contributed by atoms with Gasteiger partial charge in [-0.2, -0.15) is 0 Å². The number of hydrogen-bond donors (Lipinski definition) is 0. The number of likely N-dealkylation sites (tertiary alicyclic amines) is 1. The quantitative estimate of drug-likeness (QED) is 0.276. The predicted octanol–water partition coefficient (Wildman–Crippen LogP) is 0.630. The summed E-state index contributed by atoms with van der Waals surface area (Å²) in [6.07, 6.45) is 0.388. The van der Waals surface area contributed by atoms with Crippen LogP contribution in [0.4, 0.5) is 9.18 Å². The van der Waals surface area contributed by atoms with E-state index in [-0.39, 0.29) is 48.6 Å². The number of alkyl halides is 2. The number of rotatable bonds is 5. The Kier molecular flexibility index (Phi) is 8.43. The molecule has 34 heavy (non-hydrogen) atoms. The third-order valence-electron chi connectivity index (χ3n) is 5.18. The molecule has 2 atom stereocenters. The molecule has 0 bridgehead atoms. The van der Waals surface area contributed by atoms with E-state index in [1.54, 1.807) is 27.7 Å². The fourth-order valence-corrected chi connectivity index (χ4v) is 6.30. The Labute approximate surface area is 213 Å². The van der Waals surface area contributed by atoms with Gasteiger partial charge in [0.25, 0.3) is 0 Å². The van der Waals surface area contributed by atoms with Gasteiger partial charge in [0.2, 0.25) is 0 Å². The fourth-order valence-electron chi connectivity index (χ4n) is 3.47. The topological polar surface area (TPSA) is 94.5 Å². The third kappa shape index (κ3) is 6.80. The van der Waals surface area contributed by atoms with Crippen molar-refractivity contribution in [1.82, 2.24) is 4.90 Å². The predicted molar refractivity (Wildman–Crippen MR) is 120 cm³/mol. The van der Waals surface area contributed by atoms with Gasteiger partial charge >= 0.3 is 214 Å². The molecule has 1 aromatic carbocycles. The number of ether oxygens (including phenoxy) is 3. The number of carbonyl (C=O) groups is 3. The standard InChI is InChI=1S/C23H28ClFIN2O6/c1-5-32-20(30)17-8-9-23(13-26-23)18(11-28(17)21(31)34-22(2,3)4)27-19(29)12-33-14-6-7-15(24)16(25)10-14/h6-7,10,17H,5,8-9,11-13H2,1-4H3/q-1/t17-,23?/m1/s1.